The fraction of sp³-hybridized carbons (Fsp3) is 0.222. The molecule has 0 radical (unpaired) electrons. The number of carboxylic acid groups (broad SMARTS) is 1. The number of esters is 1. The van der Waals surface area contributed by atoms with Gasteiger partial charge in [0, 0.05) is 4.90 Å². The second-order valence-corrected chi connectivity index (χ2v) is 6.02. The van der Waals surface area contributed by atoms with Crippen LogP contribution in [0.4, 0.5) is 0 Å². The first kappa shape index (κ1) is 17.9. The number of hydrogen-bond donors (Lipinski definition) is 1. The molecule has 0 bridgehead atoms. The van der Waals surface area contributed by atoms with Crippen LogP contribution in [0.15, 0.2) is 52.3 Å². The average Bonchev–Trinajstić information content (AvgIpc) is 2.56. The molecule has 2 aromatic rings. The van der Waals surface area contributed by atoms with E-state index in [9.17, 15) is 9.59 Å². The molecule has 1 N–H and O–H groups in total. The van der Waals surface area contributed by atoms with Crippen LogP contribution in [0.1, 0.15) is 22.8 Å². The predicted octanol–water partition coefficient (Wildman–Crippen LogP) is 3.65. The molecule has 0 unspecified atom stereocenters. The molecule has 0 saturated carbocycles. The van der Waals surface area contributed by atoms with Gasteiger partial charge in [-0.05, 0) is 48.9 Å². The van der Waals surface area contributed by atoms with Crippen molar-refractivity contribution < 1.29 is 24.2 Å². The third-order valence-electron chi connectivity index (χ3n) is 3.18. The summed E-state index contributed by atoms with van der Waals surface area (Å²) in [6.07, 6.45) is -0.0461. The van der Waals surface area contributed by atoms with Crippen molar-refractivity contribution >= 4 is 23.7 Å². The normalized spacial score (nSPS) is 10.2. The lowest BCUT2D eigenvalue weighted by Gasteiger charge is -2.10. The molecule has 0 atom stereocenters. The van der Waals surface area contributed by atoms with Gasteiger partial charge in [-0.15, -0.1) is 0 Å². The predicted molar refractivity (Wildman–Crippen MR) is 90.9 cm³/mol. The third-order valence-corrected chi connectivity index (χ3v) is 4.24. The molecule has 126 valence electrons. The number of rotatable bonds is 7. The van der Waals surface area contributed by atoms with E-state index in [1.54, 1.807) is 38.3 Å². The van der Waals surface area contributed by atoms with Gasteiger partial charge in [0.1, 0.15) is 5.75 Å². The largest absolute Gasteiger partial charge is 0.496 e. The van der Waals surface area contributed by atoms with Crippen LogP contribution in [0.2, 0.25) is 0 Å². The quantitative estimate of drug-likeness (QED) is 0.772. The third kappa shape index (κ3) is 4.76. The molecule has 0 spiro atoms. The van der Waals surface area contributed by atoms with Crippen molar-refractivity contribution in [2.45, 2.75) is 23.1 Å². The lowest BCUT2D eigenvalue weighted by molar-refractivity contribution is -0.136. The molecule has 0 fully saturated rings. The molecule has 2 aromatic carbocycles. The topological polar surface area (TPSA) is 72.8 Å². The van der Waals surface area contributed by atoms with Gasteiger partial charge in [0.15, 0.2) is 0 Å². The first-order valence-electron chi connectivity index (χ1n) is 7.37. The van der Waals surface area contributed by atoms with E-state index in [0.717, 1.165) is 9.79 Å². The van der Waals surface area contributed by atoms with Gasteiger partial charge in [0.05, 0.1) is 30.6 Å². The SMILES string of the molecule is CCOC(=O)c1ccc(Sc2ccc(CC(=O)O)cc2OC)cc1. The van der Waals surface area contributed by atoms with Crippen LogP contribution in [0.25, 0.3) is 0 Å². The van der Waals surface area contributed by atoms with E-state index in [-0.39, 0.29) is 12.4 Å². The maximum absolute atomic E-state index is 11.6. The van der Waals surface area contributed by atoms with Crippen molar-refractivity contribution in [2.75, 3.05) is 13.7 Å². The highest BCUT2D eigenvalue weighted by Gasteiger charge is 2.10. The zero-order valence-corrected chi connectivity index (χ0v) is 14.3. The number of carbonyl (C=O) groups excluding carboxylic acids is 1. The summed E-state index contributed by atoms with van der Waals surface area (Å²) >= 11 is 1.48. The van der Waals surface area contributed by atoms with Crippen molar-refractivity contribution in [3.8, 4) is 5.75 Å². The number of hydrogen-bond acceptors (Lipinski definition) is 5. The van der Waals surface area contributed by atoms with Gasteiger partial charge in [0.25, 0.3) is 0 Å². The number of ether oxygens (including phenoxy) is 2. The molecule has 0 aliphatic carbocycles. The molecule has 5 nitrogen and oxygen atoms in total. The van der Waals surface area contributed by atoms with Crippen molar-refractivity contribution in [3.05, 3.63) is 53.6 Å². The molecule has 0 aromatic heterocycles. The van der Waals surface area contributed by atoms with E-state index >= 15 is 0 Å². The molecule has 0 aliphatic rings. The number of aliphatic carboxylic acids is 1. The average molecular weight is 346 g/mol. The Morgan fingerprint density at radius 2 is 1.83 bits per heavy atom. The zero-order valence-electron chi connectivity index (χ0n) is 13.4. The summed E-state index contributed by atoms with van der Waals surface area (Å²) in [4.78, 5) is 24.2. The van der Waals surface area contributed by atoms with Gasteiger partial charge >= 0.3 is 11.9 Å². The minimum atomic E-state index is -0.882. The fourth-order valence-corrected chi connectivity index (χ4v) is 2.99. The second-order valence-electron chi connectivity index (χ2n) is 4.90. The van der Waals surface area contributed by atoms with Crippen LogP contribution in [-0.4, -0.2) is 30.8 Å². The molecule has 0 amide bonds. The number of benzene rings is 2. The minimum absolute atomic E-state index is 0.0461. The van der Waals surface area contributed by atoms with Gasteiger partial charge < -0.3 is 14.6 Å². The highest BCUT2D eigenvalue weighted by Crippen LogP contribution is 2.35. The van der Waals surface area contributed by atoms with Crippen LogP contribution >= 0.6 is 11.8 Å². The Hall–Kier alpha value is -2.47. The summed E-state index contributed by atoms with van der Waals surface area (Å²) in [5, 5.41) is 8.86. The minimum Gasteiger partial charge on any atom is -0.496 e. The van der Waals surface area contributed by atoms with Crippen LogP contribution in [-0.2, 0) is 16.0 Å². The summed E-state index contributed by atoms with van der Waals surface area (Å²) in [5.41, 5.74) is 1.19. The van der Waals surface area contributed by atoms with Crippen LogP contribution in [0.3, 0.4) is 0 Å². The first-order valence-corrected chi connectivity index (χ1v) is 8.19. The summed E-state index contributed by atoms with van der Waals surface area (Å²) in [5.74, 6) is -0.607. The highest BCUT2D eigenvalue weighted by atomic mass is 32.2. The molecule has 24 heavy (non-hydrogen) atoms. The molecular weight excluding hydrogens is 328 g/mol. The highest BCUT2D eigenvalue weighted by molar-refractivity contribution is 7.99. The Kier molecular flexibility index (Phi) is 6.26. The zero-order chi connectivity index (χ0) is 17.5. The maximum Gasteiger partial charge on any atom is 0.338 e. The lowest BCUT2D eigenvalue weighted by Crippen LogP contribution is -2.03. The Labute approximate surface area is 144 Å². The summed E-state index contributed by atoms with van der Waals surface area (Å²) in [6.45, 7) is 2.11. The number of methoxy groups -OCH3 is 1. The Morgan fingerprint density at radius 3 is 2.42 bits per heavy atom. The van der Waals surface area contributed by atoms with E-state index in [0.29, 0.717) is 23.5 Å². The van der Waals surface area contributed by atoms with Crippen molar-refractivity contribution in [1.29, 1.82) is 0 Å². The van der Waals surface area contributed by atoms with E-state index in [1.165, 1.54) is 11.8 Å². The molecule has 0 saturated heterocycles. The lowest BCUT2D eigenvalue weighted by atomic mass is 10.1. The monoisotopic (exact) mass is 346 g/mol. The smallest absolute Gasteiger partial charge is 0.338 e. The van der Waals surface area contributed by atoms with E-state index < -0.39 is 5.97 Å². The van der Waals surface area contributed by atoms with E-state index in [1.807, 2.05) is 18.2 Å². The van der Waals surface area contributed by atoms with Crippen LogP contribution < -0.4 is 4.74 Å². The first-order chi connectivity index (χ1) is 11.5. The van der Waals surface area contributed by atoms with Crippen molar-refractivity contribution in [2.24, 2.45) is 0 Å². The Bertz CT molecular complexity index is 725. The number of carbonyl (C=O) groups is 2. The summed E-state index contributed by atoms with van der Waals surface area (Å²) in [7, 11) is 1.55. The van der Waals surface area contributed by atoms with Gasteiger partial charge in [0.2, 0.25) is 0 Å². The molecular formula is C18H18O5S. The Morgan fingerprint density at radius 1 is 1.12 bits per heavy atom. The van der Waals surface area contributed by atoms with Gasteiger partial charge in [-0.1, -0.05) is 17.8 Å². The molecule has 0 aliphatic heterocycles. The van der Waals surface area contributed by atoms with Gasteiger partial charge in [-0.25, -0.2) is 4.79 Å². The summed E-state index contributed by atoms with van der Waals surface area (Å²) in [6, 6.07) is 12.4. The molecule has 0 heterocycles. The summed E-state index contributed by atoms with van der Waals surface area (Å²) < 4.78 is 10.3. The van der Waals surface area contributed by atoms with Crippen molar-refractivity contribution in [3.63, 3.8) is 0 Å². The molecule has 6 heteroatoms. The standard InChI is InChI=1S/C18H18O5S/c1-3-23-18(21)13-5-7-14(8-6-13)24-16-9-4-12(11-17(19)20)10-15(16)22-2/h4-10H,3,11H2,1-2H3,(H,19,20). The maximum atomic E-state index is 11.6. The van der Waals surface area contributed by atoms with Crippen LogP contribution in [0, 0.1) is 0 Å². The number of carboxylic acids is 1. The van der Waals surface area contributed by atoms with Crippen LogP contribution in [0.5, 0.6) is 5.75 Å². The molecule has 2 rings (SSSR count). The van der Waals surface area contributed by atoms with E-state index in [4.69, 9.17) is 14.6 Å². The van der Waals surface area contributed by atoms with Gasteiger partial charge in [-0.2, -0.15) is 0 Å². The fourth-order valence-electron chi connectivity index (χ4n) is 2.08. The van der Waals surface area contributed by atoms with Gasteiger partial charge in [-0.3, -0.25) is 4.79 Å². The Balaban J connectivity index is 2.15. The second kappa shape index (κ2) is 8.40. The van der Waals surface area contributed by atoms with Crippen molar-refractivity contribution in [1.82, 2.24) is 0 Å². The van der Waals surface area contributed by atoms with E-state index in [2.05, 4.69) is 0 Å².